The third-order valence-electron chi connectivity index (χ3n) is 29.4. The van der Waals surface area contributed by atoms with Crippen LogP contribution in [0, 0.1) is 0 Å². The lowest BCUT2D eigenvalue weighted by Gasteiger charge is -2.35. The molecule has 0 N–H and O–H groups in total. The first-order valence-corrected chi connectivity index (χ1v) is 47.7. The monoisotopic (exact) mass is 1760 g/mol. The molecule has 138 heavy (non-hydrogen) atoms. The summed E-state index contributed by atoms with van der Waals surface area (Å²) in [5.74, 6) is 0. The number of para-hydroxylation sites is 4. The van der Waals surface area contributed by atoms with Crippen LogP contribution >= 0.6 is 0 Å². The lowest BCUT2D eigenvalue weighted by molar-refractivity contribution is 0.660. The van der Waals surface area contributed by atoms with Crippen LogP contribution in [0.15, 0.2) is 506 Å². The molecule has 4 aromatic heterocycles. The molecule has 0 atom stereocenters. The molecule has 648 valence electrons. The molecule has 4 heterocycles. The summed E-state index contributed by atoms with van der Waals surface area (Å²) in [5.41, 5.74) is 38.3. The van der Waals surface area contributed by atoms with Crippen molar-refractivity contribution in [1.82, 2.24) is 9.13 Å². The van der Waals surface area contributed by atoms with Crippen LogP contribution < -0.4 is 9.80 Å². The van der Waals surface area contributed by atoms with Gasteiger partial charge in [-0.15, -0.1) is 0 Å². The van der Waals surface area contributed by atoms with E-state index in [-0.39, 0.29) is 5.41 Å². The van der Waals surface area contributed by atoms with E-state index in [0.717, 1.165) is 128 Å². The van der Waals surface area contributed by atoms with E-state index >= 15 is 0 Å². The number of rotatable bonds is 14. The highest BCUT2D eigenvalue weighted by Gasteiger charge is 2.47. The van der Waals surface area contributed by atoms with Gasteiger partial charge in [0.25, 0.3) is 0 Å². The second-order valence-corrected chi connectivity index (χ2v) is 37.2. The molecule has 0 amide bonds. The number of fused-ring (bicyclic) bond motifs is 22. The molecule has 0 fully saturated rings. The van der Waals surface area contributed by atoms with E-state index in [2.05, 4.69) is 530 Å². The molecule has 0 bridgehead atoms. The number of hydrogen-bond donors (Lipinski definition) is 0. The molecule has 2 aliphatic carbocycles. The molecule has 0 saturated carbocycles. The summed E-state index contributed by atoms with van der Waals surface area (Å²) < 4.78 is 18.9. The van der Waals surface area contributed by atoms with Gasteiger partial charge in [-0.25, -0.2) is 0 Å². The highest BCUT2D eigenvalue weighted by Crippen LogP contribution is 2.59. The average Bonchev–Trinajstić information content (AvgIpc) is 1.56. The van der Waals surface area contributed by atoms with Crippen molar-refractivity contribution in [3.63, 3.8) is 0 Å². The minimum absolute atomic E-state index is 0.123. The summed E-state index contributed by atoms with van der Waals surface area (Å²) in [6, 6.07) is 181. The molecule has 0 aliphatic heterocycles. The van der Waals surface area contributed by atoms with Crippen molar-refractivity contribution in [2.45, 2.75) is 24.7 Å². The Bertz CT molecular complexity index is 9280. The topological polar surface area (TPSA) is 42.6 Å². The van der Waals surface area contributed by atoms with Crippen LogP contribution in [0.5, 0.6) is 0 Å². The molecule has 26 aromatic rings. The van der Waals surface area contributed by atoms with Crippen LogP contribution in [0.2, 0.25) is 0 Å². The summed E-state index contributed by atoms with van der Waals surface area (Å²) >= 11 is 0. The van der Waals surface area contributed by atoms with Crippen LogP contribution in [0.3, 0.4) is 0 Å². The van der Waals surface area contributed by atoms with Gasteiger partial charge in [-0.3, -0.25) is 0 Å². The number of hydrogen-bond acceptors (Lipinski definition) is 4. The van der Waals surface area contributed by atoms with Crippen molar-refractivity contribution in [1.29, 1.82) is 0 Å². The quantitative estimate of drug-likeness (QED) is 0.109. The van der Waals surface area contributed by atoms with Gasteiger partial charge in [-0.05, 0) is 221 Å². The van der Waals surface area contributed by atoms with E-state index in [9.17, 15) is 0 Å². The Labute approximate surface area is 799 Å². The van der Waals surface area contributed by atoms with Crippen LogP contribution in [-0.4, -0.2) is 9.13 Å². The lowest BCUT2D eigenvalue weighted by atomic mass is 9.67. The van der Waals surface area contributed by atoms with Gasteiger partial charge in [0.1, 0.15) is 22.3 Å². The molecule has 28 rings (SSSR count). The van der Waals surface area contributed by atoms with E-state index < -0.39 is 5.41 Å². The van der Waals surface area contributed by atoms with Crippen molar-refractivity contribution in [3.05, 3.63) is 531 Å². The zero-order chi connectivity index (χ0) is 91.3. The summed E-state index contributed by atoms with van der Waals surface area (Å²) in [5, 5.41) is 14.1. The van der Waals surface area contributed by atoms with E-state index in [0.29, 0.717) is 0 Å². The fourth-order valence-corrected chi connectivity index (χ4v) is 23.2. The van der Waals surface area contributed by atoms with Gasteiger partial charge in [-0.2, -0.15) is 0 Å². The number of aromatic nitrogens is 2. The minimum Gasteiger partial charge on any atom is -0.455 e. The summed E-state index contributed by atoms with van der Waals surface area (Å²) in [6.45, 7) is 4.70. The number of anilines is 6. The van der Waals surface area contributed by atoms with Gasteiger partial charge in [0.15, 0.2) is 0 Å². The van der Waals surface area contributed by atoms with Crippen molar-refractivity contribution in [2.75, 3.05) is 9.80 Å². The lowest BCUT2D eigenvalue weighted by Crippen LogP contribution is -2.28. The Morgan fingerprint density at radius 2 is 0.529 bits per heavy atom. The van der Waals surface area contributed by atoms with Crippen LogP contribution in [-0.2, 0) is 10.8 Å². The first-order chi connectivity index (χ1) is 68.2. The summed E-state index contributed by atoms with van der Waals surface area (Å²) in [7, 11) is 0. The molecule has 2 aliphatic rings. The fourth-order valence-electron chi connectivity index (χ4n) is 23.2. The second-order valence-electron chi connectivity index (χ2n) is 37.2. The summed E-state index contributed by atoms with van der Waals surface area (Å²) in [6.07, 6.45) is 0. The smallest absolute Gasteiger partial charge is 0.145 e. The zero-order valence-corrected chi connectivity index (χ0v) is 75.9. The van der Waals surface area contributed by atoms with E-state index in [1.807, 2.05) is 0 Å². The van der Waals surface area contributed by atoms with Gasteiger partial charge in [-0.1, -0.05) is 390 Å². The Morgan fingerprint density at radius 3 is 0.978 bits per heavy atom. The van der Waals surface area contributed by atoms with Gasteiger partial charge in [0.2, 0.25) is 0 Å². The largest absolute Gasteiger partial charge is 0.455 e. The fraction of sp³-hybridized carbons (Fsp3) is 0.0303. The molecule has 0 saturated heterocycles. The molecule has 6 nitrogen and oxygen atoms in total. The number of furan rings is 2. The predicted octanol–water partition coefficient (Wildman–Crippen LogP) is 35.9. The van der Waals surface area contributed by atoms with Crippen molar-refractivity contribution >= 4 is 143 Å². The minimum atomic E-state index is -0.537. The van der Waals surface area contributed by atoms with Gasteiger partial charge in [0.05, 0.1) is 49.6 Å². The maximum Gasteiger partial charge on any atom is 0.145 e. The predicted molar refractivity (Wildman–Crippen MR) is 577 cm³/mol. The van der Waals surface area contributed by atoms with Crippen LogP contribution in [0.1, 0.15) is 47.2 Å². The van der Waals surface area contributed by atoms with Crippen LogP contribution in [0.25, 0.3) is 187 Å². The van der Waals surface area contributed by atoms with Crippen molar-refractivity contribution < 1.29 is 8.83 Å². The van der Waals surface area contributed by atoms with E-state index in [1.54, 1.807) is 0 Å². The van der Waals surface area contributed by atoms with Gasteiger partial charge in [0, 0.05) is 93.8 Å². The number of benzene rings is 22. The molecule has 0 radical (unpaired) electrons. The maximum absolute atomic E-state index is 7.02. The highest BCUT2D eigenvalue weighted by atomic mass is 16.3. The summed E-state index contributed by atoms with van der Waals surface area (Å²) in [4.78, 5) is 4.82. The highest BCUT2D eigenvalue weighted by molar-refractivity contribution is 6.30. The SMILES string of the molecule is CC1(C)c2ccccc2-c2ccc(N(c3ccc(-c4ccccc4)cc3)c3ccc(-c4cc5c6ccccc6n(-c6cccc7ccccc67)c5c5c4oc4ccccc45)cc3)cc21.c1ccc(-c2ccc(N(c3ccc(-c4cc5c6ccccc6n(-c6cccc7ccccc67)c5c5c4oc4ccccc45)cc3)c3ccc4c(c3)C(c3ccccc3)(c3ccccc3)c3ccccc3-4)cc2)cc1. The normalized spacial score (nSPS) is 12.8. The van der Waals surface area contributed by atoms with Gasteiger partial charge >= 0.3 is 0 Å². The molecule has 6 heteroatoms. The molecular weight excluding hydrogens is 1670 g/mol. The third-order valence-corrected chi connectivity index (χ3v) is 29.4. The first-order valence-electron chi connectivity index (χ1n) is 47.7. The Kier molecular flexibility index (Phi) is 18.5. The molecule has 0 unspecified atom stereocenters. The average molecular weight is 1760 g/mol. The van der Waals surface area contributed by atoms with Crippen molar-refractivity contribution in [3.8, 4) is 78.1 Å². The Balaban J connectivity index is 0.000000141. The molecular formula is C132H88N4O2. The number of nitrogens with zero attached hydrogens (tertiary/aromatic N) is 4. The third kappa shape index (κ3) is 12.5. The van der Waals surface area contributed by atoms with Gasteiger partial charge < -0.3 is 27.8 Å². The molecule has 0 spiro atoms. The van der Waals surface area contributed by atoms with Crippen molar-refractivity contribution in [2.24, 2.45) is 0 Å². The zero-order valence-electron chi connectivity index (χ0n) is 75.9. The van der Waals surface area contributed by atoms with Crippen LogP contribution in [0.4, 0.5) is 34.1 Å². The standard InChI is InChI=1S/C71H46N2O.C61H42N2O/c1-4-19-47(20-5-1)48-35-39-53(40-36-48)72(55-43-44-58-57-28-12-15-31-63(57)71(64(58)45-55,51-23-6-2-7-24-51)52-25-8-3-9-26-52)54-41-37-50(38-42-54)61-46-62-59-29-13-16-32-66(59)73(65-33-18-22-49-21-10-11-27-56(49)65)69(62)68-60-30-14-17-34-67(60)74-70(61)68;1-61(2)53-23-11-8-20-47(53)48-36-35-45(37-54(48)61)62(43-31-27-40(28-32-43)39-15-4-3-5-16-39)44-33-29-42(30-34-44)51-38-52-49-21-9-12-24-56(49)63(55-25-14-18-41-17-6-7-19-46(41)55)59(52)58-50-22-10-13-26-57(50)64-60(51)58/h1-46H;3-38H,1-2H3. The Morgan fingerprint density at radius 1 is 0.210 bits per heavy atom. The maximum atomic E-state index is 7.02. The second kappa shape index (κ2) is 32.0. The van der Waals surface area contributed by atoms with E-state index in [4.69, 9.17) is 8.83 Å². The van der Waals surface area contributed by atoms with E-state index in [1.165, 1.54) is 126 Å². The Hall–Kier alpha value is -17.8. The first kappa shape index (κ1) is 79.9. The molecule has 22 aromatic carbocycles.